The molecule has 0 bridgehead atoms. The van der Waals surface area contributed by atoms with E-state index in [1.54, 1.807) is 34.6 Å². The van der Waals surface area contributed by atoms with Crippen molar-refractivity contribution in [2.24, 2.45) is 0 Å². The van der Waals surface area contributed by atoms with Crippen LogP contribution in [0.1, 0.15) is 67.2 Å². The van der Waals surface area contributed by atoms with Crippen LogP contribution < -0.4 is 0 Å². The van der Waals surface area contributed by atoms with Gasteiger partial charge in [-0.1, -0.05) is 13.3 Å². The van der Waals surface area contributed by atoms with Gasteiger partial charge in [0.1, 0.15) is 17.1 Å². The number of Topliss-reactive ketones (excluding diaryl/α,β-unsaturated/α-hetero) is 1. The summed E-state index contributed by atoms with van der Waals surface area (Å²) in [5.41, 5.74) is -1.51. The average Bonchev–Trinajstić information content (AvgIpc) is 2.70. The van der Waals surface area contributed by atoms with Crippen molar-refractivity contribution in [3.05, 3.63) is 0 Å². The van der Waals surface area contributed by atoms with Crippen LogP contribution in [0, 0.1) is 0 Å². The molecule has 1 aliphatic heterocycles. The molecule has 23 heavy (non-hydrogen) atoms. The van der Waals surface area contributed by atoms with E-state index in [1.165, 1.54) is 4.90 Å². The Morgan fingerprint density at radius 1 is 1.39 bits per heavy atom. The third-order valence-corrected chi connectivity index (χ3v) is 3.80. The molecule has 0 radical (unpaired) electrons. The summed E-state index contributed by atoms with van der Waals surface area (Å²) in [7, 11) is 0. The van der Waals surface area contributed by atoms with Crippen LogP contribution in [0.5, 0.6) is 0 Å². The summed E-state index contributed by atoms with van der Waals surface area (Å²) in [6.07, 6.45) is 0.749. The maximum Gasteiger partial charge on any atom is 0.412 e. The van der Waals surface area contributed by atoms with Crippen LogP contribution in [0.15, 0.2) is 0 Å². The van der Waals surface area contributed by atoms with Gasteiger partial charge in [-0.2, -0.15) is 0 Å². The van der Waals surface area contributed by atoms with Crippen molar-refractivity contribution < 1.29 is 24.2 Å². The van der Waals surface area contributed by atoms with Gasteiger partial charge in [-0.15, -0.1) is 0 Å². The van der Waals surface area contributed by atoms with Crippen LogP contribution >= 0.6 is 0 Å². The van der Waals surface area contributed by atoms with Crippen molar-refractivity contribution in [1.82, 2.24) is 4.90 Å². The molecule has 0 aromatic carbocycles. The van der Waals surface area contributed by atoms with Gasteiger partial charge < -0.3 is 14.6 Å². The summed E-state index contributed by atoms with van der Waals surface area (Å²) in [6.45, 7) is 11.1. The molecule has 1 rings (SSSR count). The highest BCUT2D eigenvalue weighted by atomic mass is 16.6. The van der Waals surface area contributed by atoms with E-state index in [9.17, 15) is 14.7 Å². The van der Waals surface area contributed by atoms with Gasteiger partial charge in [0.2, 0.25) is 0 Å². The minimum atomic E-state index is -0.950. The Bertz CT molecular complexity index is 427. The Morgan fingerprint density at radius 3 is 2.52 bits per heavy atom. The molecule has 134 valence electrons. The maximum absolute atomic E-state index is 12.5. The SMILES string of the molecule is CCCCC(=O)C[C@H](O)[C@H]1COC(C)(C)N1C(=O)OC(C)(C)C. The molecule has 0 aliphatic carbocycles. The van der Waals surface area contributed by atoms with E-state index in [0.29, 0.717) is 6.42 Å². The van der Waals surface area contributed by atoms with Crippen molar-refractivity contribution in [3.63, 3.8) is 0 Å². The Balaban J connectivity index is 2.79. The normalized spacial score (nSPS) is 22.0. The van der Waals surface area contributed by atoms with Crippen molar-refractivity contribution in [2.45, 2.75) is 90.7 Å². The first-order valence-corrected chi connectivity index (χ1v) is 8.34. The van der Waals surface area contributed by atoms with E-state index in [1.807, 2.05) is 6.92 Å². The molecule has 6 heteroatoms. The predicted molar refractivity (Wildman–Crippen MR) is 87.0 cm³/mol. The molecule has 1 N–H and O–H groups in total. The van der Waals surface area contributed by atoms with Crippen LogP contribution in [0.2, 0.25) is 0 Å². The van der Waals surface area contributed by atoms with Crippen LogP contribution in [0.3, 0.4) is 0 Å². The van der Waals surface area contributed by atoms with Crippen molar-refractivity contribution in [3.8, 4) is 0 Å². The third-order valence-electron chi connectivity index (χ3n) is 3.80. The van der Waals surface area contributed by atoms with Crippen molar-refractivity contribution >= 4 is 11.9 Å². The fourth-order valence-corrected chi connectivity index (χ4v) is 2.63. The lowest BCUT2D eigenvalue weighted by atomic mass is 10.0. The second-order valence-electron chi connectivity index (χ2n) is 7.59. The molecule has 0 aromatic rings. The van der Waals surface area contributed by atoms with Gasteiger partial charge in [-0.25, -0.2) is 4.79 Å². The first-order valence-electron chi connectivity index (χ1n) is 8.34. The summed E-state index contributed by atoms with van der Waals surface area (Å²) < 4.78 is 11.1. The van der Waals surface area contributed by atoms with Crippen LogP contribution in [0.25, 0.3) is 0 Å². The van der Waals surface area contributed by atoms with E-state index in [2.05, 4.69) is 0 Å². The highest BCUT2D eigenvalue weighted by Gasteiger charge is 2.48. The van der Waals surface area contributed by atoms with Gasteiger partial charge in [0.05, 0.1) is 18.8 Å². The van der Waals surface area contributed by atoms with Crippen molar-refractivity contribution in [1.29, 1.82) is 0 Å². The molecule has 1 saturated heterocycles. The standard InChI is InChI=1S/C17H31NO5/c1-7-8-9-12(19)10-14(20)13-11-22-17(5,6)18(13)15(21)23-16(2,3)4/h13-14,20H,7-11H2,1-6H3/t13-,14+/m1/s1. The number of nitrogens with zero attached hydrogens (tertiary/aromatic N) is 1. The Morgan fingerprint density at radius 2 is 2.00 bits per heavy atom. The molecule has 1 heterocycles. The molecule has 1 amide bonds. The summed E-state index contributed by atoms with van der Waals surface area (Å²) in [5, 5.41) is 10.4. The summed E-state index contributed by atoms with van der Waals surface area (Å²) in [6, 6.07) is -0.578. The van der Waals surface area contributed by atoms with E-state index in [-0.39, 0.29) is 18.8 Å². The largest absolute Gasteiger partial charge is 0.444 e. The second-order valence-corrected chi connectivity index (χ2v) is 7.59. The zero-order valence-electron chi connectivity index (χ0n) is 15.2. The number of hydrogen-bond acceptors (Lipinski definition) is 5. The van der Waals surface area contributed by atoms with E-state index in [0.717, 1.165) is 12.8 Å². The number of ether oxygens (including phenoxy) is 2. The van der Waals surface area contributed by atoms with Crippen LogP contribution in [0.4, 0.5) is 4.79 Å². The minimum Gasteiger partial charge on any atom is -0.444 e. The lowest BCUT2D eigenvalue weighted by molar-refractivity contribution is -0.122. The first-order chi connectivity index (χ1) is 10.5. The molecule has 1 fully saturated rings. The molecule has 0 aromatic heterocycles. The van der Waals surface area contributed by atoms with Gasteiger partial charge in [-0.3, -0.25) is 9.69 Å². The fourth-order valence-electron chi connectivity index (χ4n) is 2.63. The predicted octanol–water partition coefficient (Wildman–Crippen LogP) is 2.87. The molecule has 0 unspecified atom stereocenters. The number of aliphatic hydroxyl groups excluding tert-OH is 1. The first kappa shape index (κ1) is 19.9. The smallest absolute Gasteiger partial charge is 0.412 e. The highest BCUT2D eigenvalue weighted by Crippen LogP contribution is 2.31. The number of aliphatic hydroxyl groups is 1. The highest BCUT2D eigenvalue weighted by molar-refractivity contribution is 5.79. The zero-order valence-corrected chi connectivity index (χ0v) is 15.2. The summed E-state index contributed by atoms with van der Waals surface area (Å²) in [4.78, 5) is 25.8. The number of hydrogen-bond donors (Lipinski definition) is 1. The quantitative estimate of drug-likeness (QED) is 0.811. The Kier molecular flexibility index (Phi) is 6.59. The molecule has 0 saturated carbocycles. The number of carbonyl (C=O) groups is 2. The third kappa shape index (κ3) is 5.77. The second kappa shape index (κ2) is 7.62. The monoisotopic (exact) mass is 329 g/mol. The molecular formula is C17H31NO5. The Hall–Kier alpha value is -1.14. The van der Waals surface area contributed by atoms with Gasteiger partial charge in [-0.05, 0) is 41.0 Å². The number of unbranched alkanes of at least 4 members (excludes halogenated alkanes) is 1. The van der Waals surface area contributed by atoms with E-state index in [4.69, 9.17) is 9.47 Å². The number of ketones is 1. The summed E-state index contributed by atoms with van der Waals surface area (Å²) >= 11 is 0. The lowest BCUT2D eigenvalue weighted by Crippen LogP contribution is -2.53. The van der Waals surface area contributed by atoms with Gasteiger partial charge >= 0.3 is 6.09 Å². The average molecular weight is 329 g/mol. The molecule has 2 atom stereocenters. The zero-order chi connectivity index (χ0) is 17.8. The van der Waals surface area contributed by atoms with Gasteiger partial charge in [0, 0.05) is 12.8 Å². The number of rotatable bonds is 6. The summed E-state index contributed by atoms with van der Waals surface area (Å²) in [5.74, 6) is 0.00759. The topological polar surface area (TPSA) is 76.1 Å². The fraction of sp³-hybridized carbons (Fsp3) is 0.882. The van der Waals surface area contributed by atoms with E-state index < -0.39 is 29.6 Å². The van der Waals surface area contributed by atoms with Crippen molar-refractivity contribution in [2.75, 3.05) is 6.61 Å². The van der Waals surface area contributed by atoms with E-state index >= 15 is 0 Å². The minimum absolute atomic E-state index is 0.00759. The molecule has 1 aliphatic rings. The number of carbonyl (C=O) groups excluding carboxylic acids is 2. The van der Waals surface area contributed by atoms with Crippen LogP contribution in [-0.2, 0) is 14.3 Å². The Labute approximate surface area is 139 Å². The number of amides is 1. The lowest BCUT2D eigenvalue weighted by Gasteiger charge is -2.36. The van der Waals surface area contributed by atoms with Gasteiger partial charge in [0.25, 0.3) is 0 Å². The van der Waals surface area contributed by atoms with Gasteiger partial charge in [0.15, 0.2) is 0 Å². The molecule has 6 nitrogen and oxygen atoms in total. The maximum atomic E-state index is 12.5. The molecule has 0 spiro atoms. The molecular weight excluding hydrogens is 298 g/mol. The van der Waals surface area contributed by atoms with Crippen LogP contribution in [-0.4, -0.2) is 52.0 Å².